The highest BCUT2D eigenvalue weighted by Gasteiger charge is 2.60. The fourth-order valence-corrected chi connectivity index (χ4v) is 5.55. The average Bonchev–Trinajstić information content (AvgIpc) is 3.34. The number of imide groups is 1. The van der Waals surface area contributed by atoms with Crippen molar-refractivity contribution in [1.82, 2.24) is 9.88 Å². The Balaban J connectivity index is 1.60. The number of nitrogens with zero attached hydrogens (tertiary/aromatic N) is 2. The summed E-state index contributed by atoms with van der Waals surface area (Å²) in [5, 5.41) is 1.06. The quantitative estimate of drug-likeness (QED) is 0.429. The molecule has 0 radical (unpaired) electrons. The first-order valence-corrected chi connectivity index (χ1v) is 11.4. The van der Waals surface area contributed by atoms with Gasteiger partial charge in [0.1, 0.15) is 5.75 Å². The lowest BCUT2D eigenvalue weighted by molar-refractivity contribution is -0.125. The highest BCUT2D eigenvalue weighted by atomic mass is 16.5. The second-order valence-electron chi connectivity index (χ2n) is 9.20. The van der Waals surface area contributed by atoms with E-state index >= 15 is 0 Å². The summed E-state index contributed by atoms with van der Waals surface area (Å²) in [5.74, 6) is 0.374. The monoisotopic (exact) mass is 451 g/mol. The van der Waals surface area contributed by atoms with Crippen LogP contribution in [0.5, 0.6) is 5.75 Å². The Hall–Kier alpha value is -4.06. The van der Waals surface area contributed by atoms with E-state index in [0.29, 0.717) is 12.2 Å². The molecule has 3 aromatic carbocycles. The fraction of sp³-hybridized carbons (Fsp3) is 0.214. The van der Waals surface area contributed by atoms with Gasteiger partial charge in [-0.05, 0) is 43.7 Å². The van der Waals surface area contributed by atoms with Crippen LogP contribution in [0.1, 0.15) is 35.2 Å². The van der Waals surface area contributed by atoms with Crippen LogP contribution in [0.2, 0.25) is 0 Å². The zero-order chi connectivity index (χ0) is 23.6. The summed E-state index contributed by atoms with van der Waals surface area (Å²) in [4.78, 5) is 34.3. The summed E-state index contributed by atoms with van der Waals surface area (Å²) in [5.41, 5.74) is 4.28. The summed E-state index contributed by atoms with van der Waals surface area (Å²) in [7, 11) is 1.66. The van der Waals surface area contributed by atoms with E-state index in [1.165, 1.54) is 4.90 Å². The number of ether oxygens (including phenoxy) is 1. The predicted molar refractivity (Wildman–Crippen MR) is 131 cm³/mol. The van der Waals surface area contributed by atoms with Crippen molar-refractivity contribution in [3.05, 3.63) is 95.2 Å². The maximum absolute atomic E-state index is 14.0. The summed E-state index contributed by atoms with van der Waals surface area (Å²) >= 11 is 0. The third kappa shape index (κ3) is 2.62. The van der Waals surface area contributed by atoms with Gasteiger partial charge in [0.15, 0.2) is 5.54 Å². The fourth-order valence-electron chi connectivity index (χ4n) is 5.55. The number of amides is 3. The largest absolute Gasteiger partial charge is 0.496 e. The third-order valence-electron chi connectivity index (χ3n) is 7.33. The molecule has 3 amide bonds. The molecule has 170 valence electrons. The molecule has 6 heteroatoms. The molecule has 1 N–H and O–H groups in total. The van der Waals surface area contributed by atoms with Gasteiger partial charge in [-0.3, -0.25) is 4.79 Å². The number of aromatic amines is 1. The predicted octanol–water partition coefficient (Wildman–Crippen LogP) is 5.31. The minimum atomic E-state index is -1.13. The number of hydrogen-bond acceptors (Lipinski definition) is 3. The number of carbonyl (C=O) groups is 2. The van der Waals surface area contributed by atoms with Crippen LogP contribution >= 0.6 is 0 Å². The first kappa shape index (κ1) is 20.5. The van der Waals surface area contributed by atoms with E-state index in [0.717, 1.165) is 39.0 Å². The van der Waals surface area contributed by atoms with E-state index in [4.69, 9.17) is 4.74 Å². The van der Waals surface area contributed by atoms with Gasteiger partial charge in [-0.15, -0.1) is 0 Å². The van der Waals surface area contributed by atoms with Gasteiger partial charge < -0.3 is 14.6 Å². The van der Waals surface area contributed by atoms with E-state index < -0.39 is 5.54 Å². The van der Waals surface area contributed by atoms with Gasteiger partial charge in [-0.1, -0.05) is 54.1 Å². The van der Waals surface area contributed by atoms with E-state index in [1.807, 2.05) is 80.6 Å². The Kier molecular flexibility index (Phi) is 4.36. The van der Waals surface area contributed by atoms with Gasteiger partial charge in [-0.2, -0.15) is 0 Å². The molecule has 0 spiro atoms. The van der Waals surface area contributed by atoms with Crippen LogP contribution in [-0.4, -0.2) is 35.5 Å². The number of fused-ring (bicyclic) bond motifs is 5. The molecule has 1 fully saturated rings. The van der Waals surface area contributed by atoms with Crippen molar-refractivity contribution in [3.63, 3.8) is 0 Å². The van der Waals surface area contributed by atoms with E-state index in [-0.39, 0.29) is 17.9 Å². The SMILES string of the molecule is COc1ccccc1[C@@H]1CN2C(=O)N(c3ccc(C)cc3)C(=O)[C@]2(C)c2[nH]c3ccccc3c21. The Labute approximate surface area is 197 Å². The van der Waals surface area contributed by atoms with Crippen molar-refractivity contribution in [2.45, 2.75) is 25.3 Å². The minimum absolute atomic E-state index is 0.148. The Morgan fingerprint density at radius 2 is 1.68 bits per heavy atom. The van der Waals surface area contributed by atoms with Crippen LogP contribution < -0.4 is 9.64 Å². The maximum atomic E-state index is 14.0. The van der Waals surface area contributed by atoms with Crippen LogP contribution in [0.15, 0.2) is 72.8 Å². The average molecular weight is 452 g/mol. The standard InChI is InChI=1S/C28H25N3O3/c1-17-12-14-18(15-13-17)31-26(32)28(2)25-24(20-9-4-6-10-22(20)29-25)21(16-30(28)27(31)33)19-8-5-7-11-23(19)34-3/h4-15,21,29H,16H2,1-3H3/t21-,28-/m0/s1. The summed E-state index contributed by atoms with van der Waals surface area (Å²) in [6, 6.07) is 23.2. The lowest BCUT2D eigenvalue weighted by Crippen LogP contribution is -2.50. The Morgan fingerprint density at radius 3 is 2.44 bits per heavy atom. The second kappa shape index (κ2) is 7.22. The van der Waals surface area contributed by atoms with Gasteiger partial charge in [0.25, 0.3) is 5.91 Å². The smallest absolute Gasteiger partial charge is 0.332 e. The zero-order valence-electron chi connectivity index (χ0n) is 19.3. The molecule has 6 rings (SSSR count). The van der Waals surface area contributed by atoms with Gasteiger partial charge in [0, 0.05) is 28.9 Å². The molecule has 6 nitrogen and oxygen atoms in total. The molecule has 0 bridgehead atoms. The zero-order valence-corrected chi connectivity index (χ0v) is 19.3. The number of nitrogens with one attached hydrogen (secondary N) is 1. The summed E-state index contributed by atoms with van der Waals surface area (Å²) < 4.78 is 5.70. The van der Waals surface area contributed by atoms with E-state index in [1.54, 1.807) is 12.0 Å². The molecule has 0 aliphatic carbocycles. The second-order valence-corrected chi connectivity index (χ2v) is 9.20. The number of carbonyl (C=O) groups excluding carboxylic acids is 2. The molecule has 3 heterocycles. The molecular formula is C28H25N3O3. The van der Waals surface area contributed by atoms with Gasteiger partial charge >= 0.3 is 6.03 Å². The van der Waals surface area contributed by atoms with Gasteiger partial charge in [0.2, 0.25) is 0 Å². The Morgan fingerprint density at radius 1 is 0.971 bits per heavy atom. The number of aryl methyl sites for hydroxylation is 1. The van der Waals surface area contributed by atoms with Gasteiger partial charge in [0.05, 0.1) is 18.5 Å². The van der Waals surface area contributed by atoms with Crippen molar-refractivity contribution in [3.8, 4) is 5.75 Å². The number of rotatable bonds is 3. The molecule has 1 aromatic heterocycles. The van der Waals surface area contributed by atoms with Crippen molar-refractivity contribution in [2.75, 3.05) is 18.6 Å². The first-order chi connectivity index (χ1) is 16.4. The first-order valence-electron chi connectivity index (χ1n) is 11.4. The summed E-state index contributed by atoms with van der Waals surface area (Å²) in [6.45, 7) is 4.21. The van der Waals surface area contributed by atoms with E-state index in [9.17, 15) is 9.59 Å². The third-order valence-corrected chi connectivity index (χ3v) is 7.33. The number of methoxy groups -OCH3 is 1. The van der Waals surface area contributed by atoms with Crippen molar-refractivity contribution in [2.24, 2.45) is 0 Å². The molecule has 2 atom stereocenters. The van der Waals surface area contributed by atoms with Crippen molar-refractivity contribution >= 4 is 28.5 Å². The number of benzene rings is 3. The minimum Gasteiger partial charge on any atom is -0.496 e. The van der Waals surface area contributed by atoms with Crippen molar-refractivity contribution < 1.29 is 14.3 Å². The molecule has 4 aromatic rings. The number of H-pyrrole nitrogens is 1. The van der Waals surface area contributed by atoms with Gasteiger partial charge in [-0.25, -0.2) is 9.69 Å². The topological polar surface area (TPSA) is 65.6 Å². The summed E-state index contributed by atoms with van der Waals surface area (Å²) in [6.07, 6.45) is 0. The lowest BCUT2D eigenvalue weighted by atomic mass is 9.78. The molecular weight excluding hydrogens is 426 g/mol. The maximum Gasteiger partial charge on any atom is 0.332 e. The highest BCUT2D eigenvalue weighted by molar-refractivity contribution is 6.23. The molecule has 2 aliphatic rings. The molecule has 34 heavy (non-hydrogen) atoms. The van der Waals surface area contributed by atoms with Crippen molar-refractivity contribution in [1.29, 1.82) is 0 Å². The number of hydrogen-bond donors (Lipinski definition) is 1. The number of para-hydroxylation sites is 2. The van der Waals surface area contributed by atoms with Crippen LogP contribution in [-0.2, 0) is 10.3 Å². The van der Waals surface area contributed by atoms with Crippen LogP contribution in [0.25, 0.3) is 10.9 Å². The molecule has 2 aliphatic heterocycles. The van der Waals surface area contributed by atoms with E-state index in [2.05, 4.69) is 11.1 Å². The lowest BCUT2D eigenvalue weighted by Gasteiger charge is -2.40. The number of aromatic nitrogens is 1. The molecule has 1 saturated heterocycles. The Bertz CT molecular complexity index is 1460. The number of anilines is 1. The number of urea groups is 1. The molecule has 0 unspecified atom stereocenters. The normalized spacial score (nSPS) is 21.7. The van der Waals surface area contributed by atoms with Crippen LogP contribution in [0.3, 0.4) is 0 Å². The van der Waals surface area contributed by atoms with Crippen LogP contribution in [0, 0.1) is 6.92 Å². The highest BCUT2D eigenvalue weighted by Crippen LogP contribution is 2.51. The molecule has 0 saturated carbocycles. The van der Waals surface area contributed by atoms with Crippen LogP contribution in [0.4, 0.5) is 10.5 Å².